The van der Waals surface area contributed by atoms with Crippen molar-refractivity contribution in [2.75, 3.05) is 13.2 Å². The maximum Gasteiger partial charge on any atom is 0.306 e. The summed E-state index contributed by atoms with van der Waals surface area (Å²) in [5, 5.41) is 0. The minimum absolute atomic E-state index is 0.0633. The Morgan fingerprint density at radius 1 is 0.258 bits per heavy atom. The van der Waals surface area contributed by atoms with Gasteiger partial charge in [0.25, 0.3) is 0 Å². The Morgan fingerprint density at radius 2 is 0.439 bits per heavy atom. The average Bonchev–Trinajstić information content (AvgIpc) is 3.28. The number of carbonyl (C=O) groups excluding carboxylic acids is 3. The fourth-order valence-corrected chi connectivity index (χ4v) is 9.18. The predicted octanol–water partition coefficient (Wildman–Crippen LogP) is 19.5. The van der Waals surface area contributed by atoms with Crippen LogP contribution in [-0.4, -0.2) is 37.2 Å². The number of unbranched alkanes of at least 4 members (excludes halogenated alkanes) is 36. The van der Waals surface area contributed by atoms with Crippen LogP contribution >= 0.6 is 0 Å². The molecule has 0 unspecified atom stereocenters. The molecule has 1 atom stereocenters. The highest BCUT2D eigenvalue weighted by Gasteiger charge is 2.19. The summed E-state index contributed by atoms with van der Waals surface area (Å²) >= 11 is 0. The second-order valence-electron chi connectivity index (χ2n) is 22.1. The van der Waals surface area contributed by atoms with Crippen LogP contribution in [0.4, 0.5) is 0 Å². The molecule has 392 valence electrons. The Hall–Kier alpha value is -1.59. The molecule has 0 aliphatic rings. The number of hydrogen-bond acceptors (Lipinski definition) is 6. The summed E-state index contributed by atoms with van der Waals surface area (Å²) in [6.07, 6.45) is 53.8. The van der Waals surface area contributed by atoms with E-state index in [1.54, 1.807) is 0 Å². The van der Waals surface area contributed by atoms with E-state index in [0.717, 1.165) is 75.5 Å². The van der Waals surface area contributed by atoms with Crippen molar-refractivity contribution in [2.45, 2.75) is 337 Å². The van der Waals surface area contributed by atoms with Crippen LogP contribution in [-0.2, 0) is 28.6 Å². The summed E-state index contributed by atoms with van der Waals surface area (Å²) in [5.41, 5.74) is 0. The summed E-state index contributed by atoms with van der Waals surface area (Å²) in [7, 11) is 0. The Kier molecular flexibility index (Phi) is 50.0. The van der Waals surface area contributed by atoms with Gasteiger partial charge in [0.2, 0.25) is 0 Å². The molecule has 6 nitrogen and oxygen atoms in total. The molecule has 0 amide bonds. The van der Waals surface area contributed by atoms with Crippen molar-refractivity contribution in [2.24, 2.45) is 17.8 Å². The van der Waals surface area contributed by atoms with Crippen molar-refractivity contribution < 1.29 is 28.6 Å². The number of carbonyl (C=O) groups is 3. The van der Waals surface area contributed by atoms with Gasteiger partial charge in [-0.2, -0.15) is 0 Å². The Bertz CT molecular complexity index is 1020. The van der Waals surface area contributed by atoms with E-state index in [9.17, 15) is 14.4 Å². The summed E-state index contributed by atoms with van der Waals surface area (Å²) in [4.78, 5) is 38.2. The van der Waals surface area contributed by atoms with E-state index in [-0.39, 0.29) is 31.1 Å². The van der Waals surface area contributed by atoms with Gasteiger partial charge in [0.15, 0.2) is 6.10 Å². The molecule has 0 spiro atoms. The van der Waals surface area contributed by atoms with Crippen LogP contribution in [0, 0.1) is 17.8 Å². The zero-order valence-corrected chi connectivity index (χ0v) is 45.5. The second kappa shape index (κ2) is 51.3. The number of rotatable bonds is 53. The standard InChI is InChI=1S/C60H116O6/c1-54(2)46-40-34-28-22-16-11-9-7-8-10-12-19-25-31-37-43-49-58(61)64-52-57(66-60(63)51-45-39-33-27-21-15-18-24-30-36-42-48-56(5)6)53-65-59(62)50-44-38-32-26-20-14-13-17-23-29-35-41-47-55(3)4/h54-57H,7-53H2,1-6H3/t57-/m1/s1. The first-order valence-electron chi connectivity index (χ1n) is 29.6. The SMILES string of the molecule is CC(C)CCCCCCCCCCCCCCCCCCC(=O)OC[C@H](COC(=O)CCCCCCCCCCCCCCC(C)C)OC(=O)CCCCCCCCCCCCCC(C)C. The van der Waals surface area contributed by atoms with Crippen molar-refractivity contribution in [3.05, 3.63) is 0 Å². The van der Waals surface area contributed by atoms with E-state index in [0.29, 0.717) is 19.3 Å². The van der Waals surface area contributed by atoms with Gasteiger partial charge in [0.1, 0.15) is 13.2 Å². The molecule has 0 aromatic rings. The fourth-order valence-electron chi connectivity index (χ4n) is 9.18. The zero-order chi connectivity index (χ0) is 48.4. The third kappa shape index (κ3) is 53.4. The van der Waals surface area contributed by atoms with Crippen molar-refractivity contribution in [1.29, 1.82) is 0 Å². The van der Waals surface area contributed by atoms with E-state index in [2.05, 4.69) is 41.5 Å². The maximum atomic E-state index is 12.8. The summed E-state index contributed by atoms with van der Waals surface area (Å²) in [6, 6.07) is 0. The molecule has 0 aromatic heterocycles. The monoisotopic (exact) mass is 933 g/mol. The van der Waals surface area contributed by atoms with E-state index in [1.807, 2.05) is 0 Å². The molecular weight excluding hydrogens is 817 g/mol. The molecule has 0 N–H and O–H groups in total. The minimum Gasteiger partial charge on any atom is -0.462 e. The van der Waals surface area contributed by atoms with Gasteiger partial charge in [0, 0.05) is 19.3 Å². The minimum atomic E-state index is -0.764. The molecule has 0 saturated carbocycles. The maximum absolute atomic E-state index is 12.8. The third-order valence-corrected chi connectivity index (χ3v) is 13.6. The first-order chi connectivity index (χ1) is 32.1. The second-order valence-corrected chi connectivity index (χ2v) is 22.1. The van der Waals surface area contributed by atoms with E-state index < -0.39 is 6.10 Å². The van der Waals surface area contributed by atoms with Crippen LogP contribution < -0.4 is 0 Å². The summed E-state index contributed by atoms with van der Waals surface area (Å²) < 4.78 is 16.9. The lowest BCUT2D eigenvalue weighted by Gasteiger charge is -2.18. The zero-order valence-electron chi connectivity index (χ0n) is 45.5. The topological polar surface area (TPSA) is 78.9 Å². The van der Waals surface area contributed by atoms with Crippen molar-refractivity contribution in [1.82, 2.24) is 0 Å². The molecule has 0 fully saturated rings. The van der Waals surface area contributed by atoms with E-state index in [1.165, 1.54) is 212 Å². The quantitative estimate of drug-likeness (QED) is 0.0343. The van der Waals surface area contributed by atoms with Crippen LogP contribution in [0.25, 0.3) is 0 Å². The lowest BCUT2D eigenvalue weighted by molar-refractivity contribution is -0.167. The smallest absolute Gasteiger partial charge is 0.306 e. The van der Waals surface area contributed by atoms with Crippen LogP contribution in [0.1, 0.15) is 330 Å². The molecule has 0 aliphatic carbocycles. The molecule has 6 heteroatoms. The van der Waals surface area contributed by atoms with Crippen LogP contribution in [0.2, 0.25) is 0 Å². The molecule has 0 saturated heterocycles. The highest BCUT2D eigenvalue weighted by molar-refractivity contribution is 5.71. The van der Waals surface area contributed by atoms with Gasteiger partial charge in [-0.15, -0.1) is 0 Å². The Labute approximate surface area is 412 Å². The molecule has 0 radical (unpaired) electrons. The van der Waals surface area contributed by atoms with Crippen molar-refractivity contribution in [3.8, 4) is 0 Å². The van der Waals surface area contributed by atoms with E-state index in [4.69, 9.17) is 14.2 Å². The summed E-state index contributed by atoms with van der Waals surface area (Å²) in [6.45, 7) is 13.8. The molecule has 0 bridgehead atoms. The van der Waals surface area contributed by atoms with Gasteiger partial charge in [-0.05, 0) is 37.0 Å². The number of hydrogen-bond donors (Lipinski definition) is 0. The molecule has 0 heterocycles. The summed E-state index contributed by atoms with van der Waals surface area (Å²) in [5.74, 6) is 1.67. The normalized spacial score (nSPS) is 12.1. The van der Waals surface area contributed by atoms with Gasteiger partial charge in [-0.1, -0.05) is 292 Å². The molecular formula is C60H116O6. The number of ether oxygens (including phenoxy) is 3. The Balaban J connectivity index is 4.28. The van der Waals surface area contributed by atoms with E-state index >= 15 is 0 Å². The first-order valence-corrected chi connectivity index (χ1v) is 29.6. The van der Waals surface area contributed by atoms with Gasteiger partial charge in [-0.25, -0.2) is 0 Å². The molecule has 66 heavy (non-hydrogen) atoms. The third-order valence-electron chi connectivity index (χ3n) is 13.6. The number of esters is 3. The molecule has 0 aromatic carbocycles. The molecule has 0 rings (SSSR count). The van der Waals surface area contributed by atoms with Crippen LogP contribution in [0.3, 0.4) is 0 Å². The lowest BCUT2D eigenvalue weighted by Crippen LogP contribution is -2.30. The van der Waals surface area contributed by atoms with Crippen molar-refractivity contribution >= 4 is 17.9 Å². The highest BCUT2D eigenvalue weighted by atomic mass is 16.6. The van der Waals surface area contributed by atoms with Crippen molar-refractivity contribution in [3.63, 3.8) is 0 Å². The lowest BCUT2D eigenvalue weighted by atomic mass is 10.0. The largest absolute Gasteiger partial charge is 0.462 e. The van der Waals surface area contributed by atoms with Crippen LogP contribution in [0.5, 0.6) is 0 Å². The highest BCUT2D eigenvalue weighted by Crippen LogP contribution is 2.19. The first kappa shape index (κ1) is 64.4. The van der Waals surface area contributed by atoms with Gasteiger partial charge >= 0.3 is 17.9 Å². The van der Waals surface area contributed by atoms with Gasteiger partial charge < -0.3 is 14.2 Å². The fraction of sp³-hybridized carbons (Fsp3) is 0.950. The average molecular weight is 934 g/mol. The molecule has 0 aliphatic heterocycles. The van der Waals surface area contributed by atoms with Gasteiger partial charge in [-0.3, -0.25) is 14.4 Å². The predicted molar refractivity (Wildman–Crippen MR) is 284 cm³/mol. The van der Waals surface area contributed by atoms with Gasteiger partial charge in [0.05, 0.1) is 0 Å². The Morgan fingerprint density at radius 3 is 0.652 bits per heavy atom. The van der Waals surface area contributed by atoms with Crippen LogP contribution in [0.15, 0.2) is 0 Å².